The molecule has 0 radical (unpaired) electrons. The van der Waals surface area contributed by atoms with E-state index in [2.05, 4.69) is 24.9 Å². The first-order chi connectivity index (χ1) is 8.78. The molecule has 18 heavy (non-hydrogen) atoms. The maximum atomic E-state index is 11.2. The molecular weight excluding hydrogens is 236 g/mol. The minimum atomic E-state index is -0.584. The number of hydrogen-bond acceptors (Lipinski definition) is 6. The first kappa shape index (κ1) is 10.4. The molecule has 0 saturated heterocycles. The van der Waals surface area contributed by atoms with Crippen LogP contribution in [0.1, 0.15) is 10.6 Å². The average molecular weight is 244 g/mol. The fourth-order valence-corrected chi connectivity index (χ4v) is 1.49. The van der Waals surface area contributed by atoms with E-state index in [9.17, 15) is 4.79 Å². The third-order valence-electron chi connectivity index (χ3n) is 2.34. The van der Waals surface area contributed by atoms with Crippen molar-refractivity contribution in [3.63, 3.8) is 0 Å². The van der Waals surface area contributed by atoms with E-state index < -0.39 is 5.97 Å². The van der Waals surface area contributed by atoms with Crippen LogP contribution in [-0.4, -0.2) is 42.4 Å². The Kier molecular flexibility index (Phi) is 2.26. The van der Waals surface area contributed by atoms with Gasteiger partial charge in [0.15, 0.2) is 11.5 Å². The van der Waals surface area contributed by atoms with E-state index in [-0.39, 0.29) is 5.82 Å². The van der Waals surface area contributed by atoms with Crippen molar-refractivity contribution < 1.29 is 9.53 Å². The van der Waals surface area contributed by atoms with Crippen LogP contribution in [0.4, 0.5) is 0 Å². The molecule has 8 heteroatoms. The zero-order valence-electron chi connectivity index (χ0n) is 9.39. The van der Waals surface area contributed by atoms with Gasteiger partial charge in [-0.25, -0.2) is 24.0 Å². The largest absolute Gasteiger partial charge is 0.463 e. The monoisotopic (exact) mass is 244 g/mol. The van der Waals surface area contributed by atoms with E-state index in [0.29, 0.717) is 11.5 Å². The van der Waals surface area contributed by atoms with Gasteiger partial charge in [0, 0.05) is 18.3 Å². The Labute approximate surface area is 101 Å². The van der Waals surface area contributed by atoms with Gasteiger partial charge < -0.3 is 4.74 Å². The number of ether oxygens (including phenoxy) is 1. The second-order valence-corrected chi connectivity index (χ2v) is 3.42. The summed E-state index contributed by atoms with van der Waals surface area (Å²) >= 11 is 0. The van der Waals surface area contributed by atoms with E-state index in [1.807, 2.05) is 0 Å². The number of nitrogens with zero attached hydrogens (tertiary/aromatic N) is 6. The number of esters is 1. The van der Waals surface area contributed by atoms with Crippen LogP contribution < -0.4 is 0 Å². The van der Waals surface area contributed by atoms with Crippen LogP contribution >= 0.6 is 0 Å². The maximum absolute atomic E-state index is 11.2. The zero-order chi connectivity index (χ0) is 12.5. The smallest absolute Gasteiger partial charge is 0.377 e. The Bertz CT molecular complexity index is 716. The maximum Gasteiger partial charge on any atom is 0.377 e. The lowest BCUT2D eigenvalue weighted by molar-refractivity contribution is 0.0587. The molecule has 0 aromatic carbocycles. The van der Waals surface area contributed by atoms with Gasteiger partial charge in [-0.2, -0.15) is 5.10 Å². The summed E-state index contributed by atoms with van der Waals surface area (Å²) in [6, 6.07) is 3.48. The molecule has 90 valence electrons. The number of aromatic nitrogens is 6. The molecule has 0 bridgehead atoms. The van der Waals surface area contributed by atoms with Crippen molar-refractivity contribution in [2.75, 3.05) is 7.11 Å². The molecule has 0 aliphatic carbocycles. The van der Waals surface area contributed by atoms with Crippen LogP contribution in [0.15, 0.2) is 30.9 Å². The number of carbonyl (C=O) groups is 1. The van der Waals surface area contributed by atoms with Gasteiger partial charge in [0.1, 0.15) is 6.33 Å². The second-order valence-electron chi connectivity index (χ2n) is 3.42. The lowest BCUT2D eigenvalue weighted by atomic mass is 10.5. The van der Waals surface area contributed by atoms with Gasteiger partial charge in [0.25, 0.3) is 5.82 Å². The predicted molar refractivity (Wildman–Crippen MR) is 59.2 cm³/mol. The molecule has 3 heterocycles. The minimum Gasteiger partial charge on any atom is -0.463 e. The number of carbonyl (C=O) groups excluding carboxylic acids is 1. The van der Waals surface area contributed by atoms with Gasteiger partial charge in [-0.3, -0.25) is 0 Å². The number of hydrogen-bond donors (Lipinski definition) is 0. The molecule has 3 rings (SSSR count). The molecule has 8 nitrogen and oxygen atoms in total. The Morgan fingerprint density at radius 2 is 2.28 bits per heavy atom. The third kappa shape index (κ3) is 1.59. The summed E-state index contributed by atoms with van der Waals surface area (Å²) in [6.45, 7) is 0. The van der Waals surface area contributed by atoms with E-state index >= 15 is 0 Å². The molecule has 0 saturated carbocycles. The van der Waals surface area contributed by atoms with Crippen LogP contribution in [0, 0.1) is 0 Å². The number of fused-ring (bicyclic) bond motifs is 1. The van der Waals surface area contributed by atoms with Crippen molar-refractivity contribution in [2.45, 2.75) is 0 Å². The van der Waals surface area contributed by atoms with E-state index in [1.165, 1.54) is 18.1 Å². The van der Waals surface area contributed by atoms with Gasteiger partial charge in [0.2, 0.25) is 0 Å². The molecule has 0 aliphatic heterocycles. The Morgan fingerprint density at radius 1 is 1.39 bits per heavy atom. The van der Waals surface area contributed by atoms with Gasteiger partial charge >= 0.3 is 5.97 Å². The predicted octanol–water partition coefficient (Wildman–Crippen LogP) is 0.0966. The standard InChI is InChI=1S/C10H8N6O2/c1-18-10(17)9-11-6-16(14-9)8-3-5-15-7(13-8)2-4-12-15/h2-6H,1H3. The van der Waals surface area contributed by atoms with Crippen LogP contribution in [-0.2, 0) is 4.74 Å². The van der Waals surface area contributed by atoms with Crippen molar-refractivity contribution in [3.8, 4) is 5.82 Å². The molecule has 0 aliphatic rings. The Morgan fingerprint density at radius 3 is 3.11 bits per heavy atom. The molecule has 0 amide bonds. The molecule has 0 unspecified atom stereocenters. The third-order valence-corrected chi connectivity index (χ3v) is 2.34. The van der Waals surface area contributed by atoms with Crippen molar-refractivity contribution in [1.29, 1.82) is 0 Å². The lowest BCUT2D eigenvalue weighted by Crippen LogP contribution is -2.06. The lowest BCUT2D eigenvalue weighted by Gasteiger charge is -1.99. The second kappa shape index (κ2) is 3.91. The van der Waals surface area contributed by atoms with Crippen LogP contribution in [0.5, 0.6) is 0 Å². The summed E-state index contributed by atoms with van der Waals surface area (Å²) in [6.07, 6.45) is 4.80. The van der Waals surface area contributed by atoms with Crippen molar-refractivity contribution in [1.82, 2.24) is 29.4 Å². The highest BCUT2D eigenvalue weighted by Crippen LogP contribution is 2.05. The first-order valence-corrected chi connectivity index (χ1v) is 5.08. The molecule has 0 N–H and O–H groups in total. The van der Waals surface area contributed by atoms with Crippen molar-refractivity contribution >= 4 is 11.6 Å². The van der Waals surface area contributed by atoms with Gasteiger partial charge in [-0.05, 0) is 0 Å². The highest BCUT2D eigenvalue weighted by Gasteiger charge is 2.12. The van der Waals surface area contributed by atoms with E-state index in [1.54, 1.807) is 29.0 Å². The molecule has 0 fully saturated rings. The average Bonchev–Trinajstić information content (AvgIpc) is 3.05. The quantitative estimate of drug-likeness (QED) is 0.594. The fourth-order valence-electron chi connectivity index (χ4n) is 1.49. The number of methoxy groups -OCH3 is 1. The van der Waals surface area contributed by atoms with Gasteiger partial charge in [0.05, 0.1) is 13.3 Å². The highest BCUT2D eigenvalue weighted by molar-refractivity contribution is 5.84. The van der Waals surface area contributed by atoms with E-state index in [4.69, 9.17) is 0 Å². The van der Waals surface area contributed by atoms with E-state index in [0.717, 1.165) is 0 Å². The van der Waals surface area contributed by atoms with Crippen LogP contribution in [0.3, 0.4) is 0 Å². The Hall–Kier alpha value is -2.77. The SMILES string of the molecule is COC(=O)c1ncn(-c2ccn3nccc3n2)n1. The molecule has 3 aromatic heterocycles. The molecule has 3 aromatic rings. The fraction of sp³-hybridized carbons (Fsp3) is 0.100. The summed E-state index contributed by atoms with van der Waals surface area (Å²) in [5.74, 6) is -0.0440. The summed E-state index contributed by atoms with van der Waals surface area (Å²) in [4.78, 5) is 19.4. The van der Waals surface area contributed by atoms with Gasteiger partial charge in [-0.15, -0.1) is 5.10 Å². The Balaban J connectivity index is 2.03. The summed E-state index contributed by atoms with van der Waals surface area (Å²) in [5, 5.41) is 8.02. The zero-order valence-corrected chi connectivity index (χ0v) is 9.39. The first-order valence-electron chi connectivity index (χ1n) is 5.08. The normalized spacial score (nSPS) is 10.7. The van der Waals surface area contributed by atoms with Crippen LogP contribution in [0.2, 0.25) is 0 Å². The van der Waals surface area contributed by atoms with Crippen molar-refractivity contribution in [2.24, 2.45) is 0 Å². The van der Waals surface area contributed by atoms with Crippen molar-refractivity contribution in [3.05, 3.63) is 36.7 Å². The summed E-state index contributed by atoms with van der Waals surface area (Å²) in [7, 11) is 1.28. The topological polar surface area (TPSA) is 87.2 Å². The molecular formula is C10H8N6O2. The summed E-state index contributed by atoms with van der Waals surface area (Å²) < 4.78 is 7.56. The van der Waals surface area contributed by atoms with Crippen LogP contribution in [0.25, 0.3) is 11.5 Å². The summed E-state index contributed by atoms with van der Waals surface area (Å²) in [5.41, 5.74) is 0.683. The molecule has 0 spiro atoms. The number of rotatable bonds is 2. The minimum absolute atomic E-state index is 0.00678. The van der Waals surface area contributed by atoms with Gasteiger partial charge in [-0.1, -0.05) is 0 Å². The molecule has 0 atom stereocenters. The highest BCUT2D eigenvalue weighted by atomic mass is 16.5.